The number of benzene rings is 1. The zero-order valence-corrected chi connectivity index (χ0v) is 10.8. The largest absolute Gasteiger partial charge is 0.478 e. The lowest BCUT2D eigenvalue weighted by atomic mass is 10.3. The van der Waals surface area contributed by atoms with Crippen LogP contribution in [0.5, 0.6) is 5.75 Å². The molecule has 0 heterocycles. The molecule has 1 aromatic carbocycles. The Balaban J connectivity index is 2.94. The summed E-state index contributed by atoms with van der Waals surface area (Å²) >= 11 is 0. The van der Waals surface area contributed by atoms with Gasteiger partial charge in [-0.05, 0) is 18.2 Å². The van der Waals surface area contributed by atoms with Crippen molar-refractivity contribution >= 4 is 15.8 Å². The Morgan fingerprint density at radius 2 is 2.11 bits per heavy atom. The number of carboxylic acids is 1. The smallest absolute Gasteiger partial charge is 0.347 e. The molecule has 18 heavy (non-hydrogen) atoms. The normalized spacial score (nSPS) is 13.0. The Kier molecular flexibility index (Phi) is 4.69. The number of hydrogen-bond acceptors (Lipinski definition) is 5. The van der Waals surface area contributed by atoms with Gasteiger partial charge in [-0.25, -0.2) is 13.2 Å². The second-order valence-corrected chi connectivity index (χ2v) is 5.66. The monoisotopic (exact) mass is 274 g/mol. The number of methoxy groups -OCH3 is 1. The van der Waals surface area contributed by atoms with E-state index in [1.165, 1.54) is 31.4 Å². The highest BCUT2D eigenvalue weighted by Gasteiger charge is 2.19. The molecule has 0 aliphatic rings. The standard InChI is InChI=1S/C11H14O6S/c1-16-7-10(11(12)13)17-8-4-3-5-9(6-8)18(2,14)15/h3-6,10H,7H2,1-2H3,(H,12,13). The Labute approximate surface area is 105 Å². The van der Waals surface area contributed by atoms with Gasteiger partial charge in [0.15, 0.2) is 9.84 Å². The molecule has 0 aliphatic heterocycles. The predicted octanol–water partition coefficient (Wildman–Crippen LogP) is 0.569. The minimum Gasteiger partial charge on any atom is -0.478 e. The number of hydrogen-bond donors (Lipinski definition) is 1. The maximum Gasteiger partial charge on any atom is 0.347 e. The van der Waals surface area contributed by atoms with Crippen molar-refractivity contribution in [1.82, 2.24) is 0 Å². The summed E-state index contributed by atoms with van der Waals surface area (Å²) in [6.45, 7) is -0.127. The van der Waals surface area contributed by atoms with Gasteiger partial charge in [-0.15, -0.1) is 0 Å². The van der Waals surface area contributed by atoms with Gasteiger partial charge in [-0.3, -0.25) is 0 Å². The number of aliphatic carboxylic acids is 1. The van der Waals surface area contributed by atoms with Crippen LogP contribution in [0.3, 0.4) is 0 Å². The van der Waals surface area contributed by atoms with Gasteiger partial charge in [0.05, 0.1) is 11.5 Å². The molecule has 0 radical (unpaired) electrons. The van der Waals surface area contributed by atoms with Gasteiger partial charge in [0, 0.05) is 13.4 Å². The summed E-state index contributed by atoms with van der Waals surface area (Å²) in [5, 5.41) is 8.87. The topological polar surface area (TPSA) is 89.9 Å². The van der Waals surface area contributed by atoms with Crippen molar-refractivity contribution in [3.8, 4) is 5.75 Å². The first-order chi connectivity index (χ1) is 8.34. The molecule has 0 amide bonds. The van der Waals surface area contributed by atoms with E-state index in [-0.39, 0.29) is 17.3 Å². The van der Waals surface area contributed by atoms with Crippen molar-refractivity contribution in [3.63, 3.8) is 0 Å². The fourth-order valence-electron chi connectivity index (χ4n) is 1.25. The molecule has 1 atom stereocenters. The van der Waals surface area contributed by atoms with Crippen LogP contribution in [0.4, 0.5) is 0 Å². The van der Waals surface area contributed by atoms with Crippen molar-refractivity contribution in [2.75, 3.05) is 20.0 Å². The third kappa shape index (κ3) is 4.01. The van der Waals surface area contributed by atoms with E-state index in [1.54, 1.807) is 0 Å². The summed E-state index contributed by atoms with van der Waals surface area (Å²) in [6, 6.07) is 5.66. The van der Waals surface area contributed by atoms with Crippen molar-refractivity contribution in [1.29, 1.82) is 0 Å². The van der Waals surface area contributed by atoms with Crippen molar-refractivity contribution in [2.45, 2.75) is 11.0 Å². The van der Waals surface area contributed by atoms with Gasteiger partial charge in [0.1, 0.15) is 5.75 Å². The maximum absolute atomic E-state index is 11.3. The van der Waals surface area contributed by atoms with Gasteiger partial charge in [-0.2, -0.15) is 0 Å². The zero-order valence-electron chi connectivity index (χ0n) is 9.99. The van der Waals surface area contributed by atoms with E-state index in [9.17, 15) is 13.2 Å². The first kappa shape index (κ1) is 14.5. The molecule has 0 fully saturated rings. The van der Waals surface area contributed by atoms with Gasteiger partial charge >= 0.3 is 5.97 Å². The second-order valence-electron chi connectivity index (χ2n) is 3.65. The summed E-state index contributed by atoms with van der Waals surface area (Å²) in [4.78, 5) is 10.9. The van der Waals surface area contributed by atoms with Crippen LogP contribution >= 0.6 is 0 Å². The lowest BCUT2D eigenvalue weighted by Crippen LogP contribution is -2.31. The van der Waals surface area contributed by atoms with Crippen molar-refractivity contribution < 1.29 is 27.8 Å². The van der Waals surface area contributed by atoms with Crippen LogP contribution in [0, 0.1) is 0 Å². The summed E-state index contributed by atoms with van der Waals surface area (Å²) in [7, 11) is -2.00. The number of carboxylic acid groups (broad SMARTS) is 1. The van der Waals surface area contributed by atoms with Crippen LogP contribution in [-0.4, -0.2) is 45.6 Å². The number of rotatable bonds is 6. The first-order valence-electron chi connectivity index (χ1n) is 5.03. The van der Waals surface area contributed by atoms with Crippen LogP contribution in [-0.2, 0) is 19.4 Å². The molecule has 6 nitrogen and oxygen atoms in total. The zero-order chi connectivity index (χ0) is 13.8. The third-order valence-electron chi connectivity index (χ3n) is 2.11. The van der Waals surface area contributed by atoms with Crippen LogP contribution in [0.2, 0.25) is 0 Å². The molecule has 1 rings (SSSR count). The second kappa shape index (κ2) is 5.83. The summed E-state index contributed by atoms with van der Waals surface area (Å²) in [5.74, 6) is -1.01. The van der Waals surface area contributed by atoms with Gasteiger partial charge in [0.25, 0.3) is 0 Å². The van der Waals surface area contributed by atoms with E-state index in [4.69, 9.17) is 14.6 Å². The average molecular weight is 274 g/mol. The number of ether oxygens (including phenoxy) is 2. The Bertz CT molecular complexity index is 522. The molecular weight excluding hydrogens is 260 g/mol. The molecule has 0 spiro atoms. The summed E-state index contributed by atoms with van der Waals surface area (Å²) in [5.41, 5.74) is 0. The molecule has 100 valence electrons. The molecule has 0 saturated heterocycles. The summed E-state index contributed by atoms with van der Waals surface area (Å²) in [6.07, 6.45) is -0.111. The van der Waals surface area contributed by atoms with Gasteiger partial charge in [-0.1, -0.05) is 6.07 Å². The fraction of sp³-hybridized carbons (Fsp3) is 0.364. The van der Waals surface area contributed by atoms with E-state index in [0.717, 1.165) is 6.26 Å². The third-order valence-corrected chi connectivity index (χ3v) is 3.22. The molecule has 0 aromatic heterocycles. The van der Waals surface area contributed by atoms with Crippen LogP contribution < -0.4 is 4.74 Å². The first-order valence-corrected chi connectivity index (χ1v) is 6.92. The van der Waals surface area contributed by atoms with E-state index in [2.05, 4.69) is 0 Å². The SMILES string of the molecule is COCC(Oc1cccc(S(C)(=O)=O)c1)C(=O)O. The van der Waals surface area contributed by atoms with Gasteiger partial charge in [0.2, 0.25) is 6.10 Å². The lowest BCUT2D eigenvalue weighted by molar-refractivity contribution is -0.147. The average Bonchev–Trinajstić information content (AvgIpc) is 2.27. The molecule has 1 aromatic rings. The molecule has 7 heteroatoms. The molecule has 1 N–H and O–H groups in total. The fourth-order valence-corrected chi connectivity index (χ4v) is 1.91. The molecular formula is C11H14O6S. The Morgan fingerprint density at radius 1 is 1.44 bits per heavy atom. The highest BCUT2D eigenvalue weighted by Crippen LogP contribution is 2.18. The van der Waals surface area contributed by atoms with Crippen LogP contribution in [0.25, 0.3) is 0 Å². The minimum absolute atomic E-state index is 0.0709. The molecule has 0 bridgehead atoms. The quantitative estimate of drug-likeness (QED) is 0.815. The van der Waals surface area contributed by atoms with E-state index in [1.807, 2.05) is 0 Å². The summed E-state index contributed by atoms with van der Waals surface area (Å²) < 4.78 is 32.5. The van der Waals surface area contributed by atoms with Crippen molar-refractivity contribution in [3.05, 3.63) is 24.3 Å². The maximum atomic E-state index is 11.3. The molecule has 1 unspecified atom stereocenters. The van der Waals surface area contributed by atoms with E-state index < -0.39 is 21.9 Å². The Morgan fingerprint density at radius 3 is 2.61 bits per heavy atom. The van der Waals surface area contributed by atoms with Crippen LogP contribution in [0.1, 0.15) is 0 Å². The lowest BCUT2D eigenvalue weighted by Gasteiger charge is -2.14. The number of carbonyl (C=O) groups is 1. The minimum atomic E-state index is -3.35. The highest BCUT2D eigenvalue weighted by atomic mass is 32.2. The molecule has 0 aliphatic carbocycles. The highest BCUT2D eigenvalue weighted by molar-refractivity contribution is 7.90. The molecule has 0 saturated carbocycles. The van der Waals surface area contributed by atoms with Crippen molar-refractivity contribution in [2.24, 2.45) is 0 Å². The van der Waals surface area contributed by atoms with E-state index >= 15 is 0 Å². The number of sulfone groups is 1. The van der Waals surface area contributed by atoms with Gasteiger partial charge < -0.3 is 14.6 Å². The van der Waals surface area contributed by atoms with E-state index in [0.29, 0.717) is 0 Å². The predicted molar refractivity (Wildman–Crippen MR) is 63.5 cm³/mol. The van der Waals surface area contributed by atoms with Crippen LogP contribution in [0.15, 0.2) is 29.2 Å². The Hall–Kier alpha value is -1.60.